The highest BCUT2D eigenvalue weighted by Crippen LogP contribution is 2.20. The van der Waals surface area contributed by atoms with Gasteiger partial charge in [-0.05, 0) is 36.4 Å². The number of nitrogens with zero attached hydrogens (tertiary/aromatic N) is 1. The number of pyridine rings is 1. The van der Waals surface area contributed by atoms with Gasteiger partial charge in [-0.3, -0.25) is 4.72 Å². The minimum Gasteiger partial charge on any atom is -0.352 e. The summed E-state index contributed by atoms with van der Waals surface area (Å²) in [5, 5.41) is 2.88. The summed E-state index contributed by atoms with van der Waals surface area (Å²) in [6.07, 6.45) is 1.43. The van der Waals surface area contributed by atoms with Gasteiger partial charge in [0, 0.05) is 0 Å². The number of halogens is 1. The molecule has 0 atom stereocenters. The van der Waals surface area contributed by atoms with E-state index in [1.54, 1.807) is 42.5 Å². The first kappa shape index (κ1) is 15.9. The Bertz CT molecular complexity index is 930. The van der Waals surface area contributed by atoms with Crippen molar-refractivity contribution in [3.63, 3.8) is 0 Å². The van der Waals surface area contributed by atoms with E-state index in [4.69, 9.17) is 0 Å². The van der Waals surface area contributed by atoms with Gasteiger partial charge in [0.1, 0.15) is 11.6 Å². The van der Waals surface area contributed by atoms with Gasteiger partial charge in [-0.15, -0.1) is 0 Å². The Labute approximate surface area is 139 Å². The molecule has 24 heavy (non-hydrogen) atoms. The molecule has 3 rings (SSSR count). The summed E-state index contributed by atoms with van der Waals surface area (Å²) in [6, 6.07) is 17.4. The van der Waals surface area contributed by atoms with Gasteiger partial charge in [-0.25, -0.2) is 17.8 Å². The van der Waals surface area contributed by atoms with Crippen molar-refractivity contribution in [1.82, 2.24) is 4.98 Å². The second-order valence-electron chi connectivity index (χ2n) is 4.96. The van der Waals surface area contributed by atoms with Gasteiger partial charge in [0.15, 0.2) is 0 Å². The molecule has 0 aliphatic heterocycles. The van der Waals surface area contributed by atoms with Crippen molar-refractivity contribution in [3.8, 4) is 0 Å². The molecule has 2 N–H and O–H groups in total. The predicted octanol–water partition coefficient (Wildman–Crippen LogP) is 3.77. The second-order valence-corrected chi connectivity index (χ2v) is 6.64. The standard InChI is InChI=1S/C17H14FN3O2S/c18-15-8-4-5-9-16(15)20-13-10-11-17(19-12-13)21-24(22,23)14-6-2-1-3-7-14/h1-12,20H,(H,19,21). The Morgan fingerprint density at radius 2 is 1.58 bits per heavy atom. The lowest BCUT2D eigenvalue weighted by atomic mass is 10.3. The molecule has 0 aliphatic carbocycles. The molecule has 3 aromatic rings. The van der Waals surface area contributed by atoms with Crippen LogP contribution in [0.3, 0.4) is 0 Å². The van der Waals surface area contributed by atoms with Crippen molar-refractivity contribution >= 4 is 27.2 Å². The van der Waals surface area contributed by atoms with Crippen LogP contribution in [0.5, 0.6) is 0 Å². The molecular weight excluding hydrogens is 329 g/mol. The quantitative estimate of drug-likeness (QED) is 0.740. The van der Waals surface area contributed by atoms with Crippen LogP contribution in [-0.4, -0.2) is 13.4 Å². The third kappa shape index (κ3) is 3.69. The zero-order chi connectivity index (χ0) is 17.0. The molecule has 122 valence electrons. The smallest absolute Gasteiger partial charge is 0.263 e. The second kappa shape index (κ2) is 6.67. The average molecular weight is 343 g/mol. The summed E-state index contributed by atoms with van der Waals surface area (Å²) in [7, 11) is -3.68. The van der Waals surface area contributed by atoms with Crippen LogP contribution in [0.2, 0.25) is 0 Å². The van der Waals surface area contributed by atoms with E-state index in [0.717, 1.165) is 0 Å². The minimum absolute atomic E-state index is 0.153. The van der Waals surface area contributed by atoms with Gasteiger partial charge < -0.3 is 5.32 Å². The largest absolute Gasteiger partial charge is 0.352 e. The Balaban J connectivity index is 1.74. The molecule has 0 unspecified atom stereocenters. The number of hydrogen-bond acceptors (Lipinski definition) is 4. The van der Waals surface area contributed by atoms with E-state index in [-0.39, 0.29) is 16.5 Å². The molecule has 0 spiro atoms. The SMILES string of the molecule is O=S(=O)(Nc1ccc(Nc2ccccc2F)cn1)c1ccccc1. The molecule has 0 saturated heterocycles. The number of rotatable bonds is 5. The van der Waals surface area contributed by atoms with Crippen LogP contribution in [0.4, 0.5) is 21.6 Å². The topological polar surface area (TPSA) is 71.1 Å². The summed E-state index contributed by atoms with van der Waals surface area (Å²) < 4.78 is 40.4. The highest BCUT2D eigenvalue weighted by atomic mass is 32.2. The Kier molecular flexibility index (Phi) is 4.43. The van der Waals surface area contributed by atoms with Gasteiger partial charge in [0.25, 0.3) is 10.0 Å². The lowest BCUT2D eigenvalue weighted by molar-refractivity contribution is 0.601. The summed E-state index contributed by atoms with van der Waals surface area (Å²) in [4.78, 5) is 4.19. The molecule has 0 bridgehead atoms. The van der Waals surface area contributed by atoms with Crippen LogP contribution >= 0.6 is 0 Å². The number of nitrogens with one attached hydrogen (secondary N) is 2. The summed E-state index contributed by atoms with van der Waals surface area (Å²) in [5.41, 5.74) is 0.861. The van der Waals surface area contributed by atoms with Crippen molar-refractivity contribution in [2.45, 2.75) is 4.90 Å². The lowest BCUT2D eigenvalue weighted by Gasteiger charge is -2.09. The van der Waals surface area contributed by atoms with Crippen molar-refractivity contribution in [3.05, 3.63) is 78.7 Å². The van der Waals surface area contributed by atoms with Crippen LogP contribution < -0.4 is 10.0 Å². The Morgan fingerprint density at radius 1 is 0.875 bits per heavy atom. The molecule has 7 heteroatoms. The minimum atomic E-state index is -3.68. The number of aromatic nitrogens is 1. The number of benzene rings is 2. The first-order valence-electron chi connectivity index (χ1n) is 7.10. The zero-order valence-electron chi connectivity index (χ0n) is 12.5. The van der Waals surface area contributed by atoms with E-state index < -0.39 is 10.0 Å². The molecule has 2 aromatic carbocycles. The molecule has 0 fully saturated rings. The number of anilines is 3. The van der Waals surface area contributed by atoms with Gasteiger partial charge in [-0.1, -0.05) is 30.3 Å². The molecule has 5 nitrogen and oxygen atoms in total. The predicted molar refractivity (Wildman–Crippen MR) is 91.2 cm³/mol. The van der Waals surface area contributed by atoms with E-state index in [2.05, 4.69) is 15.0 Å². The van der Waals surface area contributed by atoms with Crippen LogP contribution in [0.25, 0.3) is 0 Å². The number of para-hydroxylation sites is 1. The maximum absolute atomic E-state index is 13.6. The lowest BCUT2D eigenvalue weighted by Crippen LogP contribution is -2.13. The summed E-state index contributed by atoms with van der Waals surface area (Å²) in [5.74, 6) is -0.204. The molecule has 1 aromatic heterocycles. The van der Waals surface area contributed by atoms with Gasteiger partial charge in [0.2, 0.25) is 0 Å². The molecule has 1 heterocycles. The van der Waals surface area contributed by atoms with Gasteiger partial charge in [0.05, 0.1) is 22.5 Å². The third-order valence-corrected chi connectivity index (χ3v) is 4.58. The fourth-order valence-electron chi connectivity index (χ4n) is 2.04. The summed E-state index contributed by atoms with van der Waals surface area (Å²) in [6.45, 7) is 0. The Hall–Kier alpha value is -2.93. The third-order valence-electron chi connectivity index (χ3n) is 3.21. The fourth-order valence-corrected chi connectivity index (χ4v) is 3.07. The first-order chi connectivity index (χ1) is 11.5. The molecular formula is C17H14FN3O2S. The average Bonchev–Trinajstić information content (AvgIpc) is 2.59. The number of hydrogen-bond donors (Lipinski definition) is 2. The van der Waals surface area contributed by atoms with Crippen LogP contribution in [0.15, 0.2) is 77.8 Å². The van der Waals surface area contributed by atoms with Crippen molar-refractivity contribution < 1.29 is 12.8 Å². The zero-order valence-corrected chi connectivity index (χ0v) is 13.3. The van der Waals surface area contributed by atoms with E-state index in [9.17, 15) is 12.8 Å². The molecule has 0 radical (unpaired) electrons. The highest BCUT2D eigenvalue weighted by Gasteiger charge is 2.14. The molecule has 0 aliphatic rings. The monoisotopic (exact) mass is 343 g/mol. The van der Waals surface area contributed by atoms with Crippen LogP contribution in [0, 0.1) is 5.82 Å². The number of sulfonamides is 1. The highest BCUT2D eigenvalue weighted by molar-refractivity contribution is 7.92. The van der Waals surface area contributed by atoms with E-state index in [0.29, 0.717) is 11.4 Å². The normalized spacial score (nSPS) is 11.0. The first-order valence-corrected chi connectivity index (χ1v) is 8.58. The van der Waals surface area contributed by atoms with Crippen LogP contribution in [0.1, 0.15) is 0 Å². The van der Waals surface area contributed by atoms with Gasteiger partial charge >= 0.3 is 0 Å². The fraction of sp³-hybridized carbons (Fsp3) is 0. The van der Waals surface area contributed by atoms with E-state index >= 15 is 0 Å². The van der Waals surface area contributed by atoms with Crippen molar-refractivity contribution in [2.24, 2.45) is 0 Å². The van der Waals surface area contributed by atoms with E-state index in [1.165, 1.54) is 30.5 Å². The Morgan fingerprint density at radius 3 is 2.25 bits per heavy atom. The molecule has 0 amide bonds. The summed E-state index contributed by atoms with van der Waals surface area (Å²) >= 11 is 0. The maximum atomic E-state index is 13.6. The molecule has 0 saturated carbocycles. The van der Waals surface area contributed by atoms with Crippen molar-refractivity contribution in [2.75, 3.05) is 10.0 Å². The van der Waals surface area contributed by atoms with Crippen LogP contribution in [-0.2, 0) is 10.0 Å². The van der Waals surface area contributed by atoms with Gasteiger partial charge in [-0.2, -0.15) is 0 Å². The maximum Gasteiger partial charge on any atom is 0.263 e. The van der Waals surface area contributed by atoms with Crippen molar-refractivity contribution in [1.29, 1.82) is 0 Å². The van der Waals surface area contributed by atoms with E-state index in [1.807, 2.05) is 0 Å².